The summed E-state index contributed by atoms with van der Waals surface area (Å²) in [5.41, 5.74) is 4.83. The molecule has 1 N–H and O–H groups in total. The van der Waals surface area contributed by atoms with Gasteiger partial charge in [0.25, 0.3) is 0 Å². The van der Waals surface area contributed by atoms with Gasteiger partial charge in [-0.2, -0.15) is 5.10 Å². The fourth-order valence-corrected chi connectivity index (χ4v) is 5.64. The highest BCUT2D eigenvalue weighted by atomic mass is 16.5. The van der Waals surface area contributed by atoms with Gasteiger partial charge in [0.1, 0.15) is 0 Å². The first-order valence-electron chi connectivity index (χ1n) is 13.0. The summed E-state index contributed by atoms with van der Waals surface area (Å²) < 4.78 is 7.56. The molecule has 186 valence electrons. The molecule has 1 saturated carbocycles. The molecule has 1 saturated heterocycles. The number of carbonyl (C=O) groups is 1. The minimum absolute atomic E-state index is 0.0724. The number of nitrogens with zero attached hydrogens (tertiary/aromatic N) is 4. The number of aromatic carboxylic acids is 1. The molecule has 7 heteroatoms. The number of hydrogen-bond acceptors (Lipinski definition) is 5. The number of ether oxygens (including phenoxy) is 1. The van der Waals surface area contributed by atoms with Crippen LogP contribution in [-0.4, -0.2) is 52.1 Å². The molecule has 3 aromatic rings. The third-order valence-corrected chi connectivity index (χ3v) is 7.70. The van der Waals surface area contributed by atoms with Crippen LogP contribution < -0.4 is 4.90 Å². The minimum atomic E-state index is -1.01. The molecule has 1 aromatic carbocycles. The molecule has 2 aliphatic rings. The average molecular weight is 477 g/mol. The molecule has 1 aliphatic heterocycles. The molecule has 0 bridgehead atoms. The van der Waals surface area contributed by atoms with E-state index in [1.54, 1.807) is 6.07 Å². The molecule has 3 heterocycles. The number of rotatable bonds is 6. The summed E-state index contributed by atoms with van der Waals surface area (Å²) in [6.07, 6.45) is 7.80. The summed E-state index contributed by atoms with van der Waals surface area (Å²) in [5, 5.41) is 15.9. The number of carboxylic acid groups (broad SMARTS) is 1. The summed E-state index contributed by atoms with van der Waals surface area (Å²) in [7, 11) is 2.14. The molecular weight excluding hydrogens is 440 g/mol. The number of anilines is 1. The van der Waals surface area contributed by atoms with E-state index in [9.17, 15) is 9.90 Å². The van der Waals surface area contributed by atoms with E-state index in [0.29, 0.717) is 11.7 Å². The molecule has 0 radical (unpaired) electrons. The first-order chi connectivity index (χ1) is 16.9. The van der Waals surface area contributed by atoms with Gasteiger partial charge < -0.3 is 14.7 Å². The first kappa shape index (κ1) is 23.8. The molecule has 7 nitrogen and oxygen atoms in total. The average Bonchev–Trinajstić information content (AvgIpc) is 3.29. The van der Waals surface area contributed by atoms with Crippen molar-refractivity contribution in [2.24, 2.45) is 0 Å². The van der Waals surface area contributed by atoms with Gasteiger partial charge in [0, 0.05) is 32.0 Å². The van der Waals surface area contributed by atoms with Crippen molar-refractivity contribution in [3.8, 4) is 11.1 Å². The van der Waals surface area contributed by atoms with Gasteiger partial charge in [-0.1, -0.05) is 45.2 Å². The Morgan fingerprint density at radius 1 is 1.09 bits per heavy atom. The zero-order chi connectivity index (χ0) is 24.5. The van der Waals surface area contributed by atoms with Crippen LogP contribution in [0.4, 0.5) is 5.69 Å². The third-order valence-electron chi connectivity index (χ3n) is 7.70. The van der Waals surface area contributed by atoms with Crippen molar-refractivity contribution in [2.45, 2.75) is 76.8 Å². The standard InChI is InChI=1S/C28H36N4O3/c1-18(2)26-25-23(19-9-11-20(12-10-19)31(3)21-13-15-35-16-14-21)17-24(28(33)34)29-27(25)32(30-26)22-7-5-4-6-8-22/h9-12,17-18,21-22H,4-8,13-16H2,1-3H3,(H,33,34). The Labute approximate surface area is 207 Å². The van der Waals surface area contributed by atoms with Gasteiger partial charge in [-0.25, -0.2) is 14.5 Å². The van der Waals surface area contributed by atoms with Crippen molar-refractivity contribution in [3.05, 3.63) is 41.7 Å². The number of aromatic nitrogens is 3. The SMILES string of the molecule is CC(C)c1nn(C2CCCCC2)c2nc(C(=O)O)cc(-c3ccc(N(C)C4CCOCC4)cc3)c12. The van der Waals surface area contributed by atoms with Crippen LogP contribution in [0, 0.1) is 0 Å². The van der Waals surface area contributed by atoms with Crippen molar-refractivity contribution in [2.75, 3.05) is 25.2 Å². The molecule has 2 fully saturated rings. The molecular formula is C28H36N4O3. The molecule has 0 unspecified atom stereocenters. The second kappa shape index (κ2) is 9.97. The maximum absolute atomic E-state index is 12.1. The number of pyridine rings is 1. The zero-order valence-corrected chi connectivity index (χ0v) is 21.0. The van der Waals surface area contributed by atoms with Gasteiger partial charge in [0.2, 0.25) is 0 Å². The second-order valence-electron chi connectivity index (χ2n) is 10.3. The summed E-state index contributed by atoms with van der Waals surface area (Å²) in [4.78, 5) is 19.0. The molecule has 0 spiro atoms. The highest BCUT2D eigenvalue weighted by Gasteiger charge is 2.26. The first-order valence-corrected chi connectivity index (χ1v) is 13.0. The fraction of sp³-hybridized carbons (Fsp3) is 0.536. The monoisotopic (exact) mass is 476 g/mol. The molecule has 1 aliphatic carbocycles. The predicted molar refractivity (Wildman–Crippen MR) is 138 cm³/mol. The van der Waals surface area contributed by atoms with Crippen LogP contribution in [0.15, 0.2) is 30.3 Å². The van der Waals surface area contributed by atoms with Crippen LogP contribution in [0.25, 0.3) is 22.2 Å². The lowest BCUT2D eigenvalue weighted by Gasteiger charge is -2.33. The summed E-state index contributed by atoms with van der Waals surface area (Å²) in [6.45, 7) is 5.91. The molecule has 35 heavy (non-hydrogen) atoms. The van der Waals surface area contributed by atoms with E-state index in [-0.39, 0.29) is 17.7 Å². The molecule has 0 amide bonds. The van der Waals surface area contributed by atoms with E-state index in [2.05, 4.69) is 55.0 Å². The summed E-state index contributed by atoms with van der Waals surface area (Å²) in [6, 6.07) is 11.0. The number of fused-ring (bicyclic) bond motifs is 1. The Kier molecular flexibility index (Phi) is 6.78. The predicted octanol–water partition coefficient (Wildman–Crippen LogP) is 6.04. The summed E-state index contributed by atoms with van der Waals surface area (Å²) in [5.74, 6) is -0.802. The van der Waals surface area contributed by atoms with Crippen molar-refractivity contribution >= 4 is 22.7 Å². The number of hydrogen-bond donors (Lipinski definition) is 1. The Hall–Kier alpha value is -2.93. The van der Waals surface area contributed by atoms with Crippen molar-refractivity contribution in [1.29, 1.82) is 0 Å². The largest absolute Gasteiger partial charge is 0.477 e. The topological polar surface area (TPSA) is 80.5 Å². The third kappa shape index (κ3) is 4.66. The molecule has 0 atom stereocenters. The molecule has 2 aromatic heterocycles. The lowest BCUT2D eigenvalue weighted by atomic mass is 9.95. The van der Waals surface area contributed by atoms with E-state index >= 15 is 0 Å². The van der Waals surface area contributed by atoms with Crippen LogP contribution in [0.1, 0.15) is 86.9 Å². The van der Waals surface area contributed by atoms with Crippen LogP contribution in [0.3, 0.4) is 0 Å². The van der Waals surface area contributed by atoms with Gasteiger partial charge in [-0.05, 0) is 60.9 Å². The maximum atomic E-state index is 12.1. The maximum Gasteiger partial charge on any atom is 0.354 e. The van der Waals surface area contributed by atoms with Crippen LogP contribution >= 0.6 is 0 Å². The fourth-order valence-electron chi connectivity index (χ4n) is 5.64. The minimum Gasteiger partial charge on any atom is -0.477 e. The Morgan fingerprint density at radius 2 is 1.77 bits per heavy atom. The van der Waals surface area contributed by atoms with Gasteiger partial charge in [-0.3, -0.25) is 0 Å². The smallest absolute Gasteiger partial charge is 0.354 e. The van der Waals surface area contributed by atoms with Crippen LogP contribution in [-0.2, 0) is 4.74 Å². The van der Waals surface area contributed by atoms with Gasteiger partial charge in [0.15, 0.2) is 11.3 Å². The number of benzene rings is 1. The van der Waals surface area contributed by atoms with E-state index in [4.69, 9.17) is 9.84 Å². The normalized spacial score (nSPS) is 17.8. The highest BCUT2D eigenvalue weighted by Crippen LogP contribution is 2.38. The number of carboxylic acids is 1. The van der Waals surface area contributed by atoms with Gasteiger partial charge >= 0.3 is 5.97 Å². The summed E-state index contributed by atoms with van der Waals surface area (Å²) >= 11 is 0. The lowest BCUT2D eigenvalue weighted by Crippen LogP contribution is -2.36. The Bertz CT molecular complexity index is 1190. The van der Waals surface area contributed by atoms with Gasteiger partial charge in [-0.15, -0.1) is 0 Å². The van der Waals surface area contributed by atoms with E-state index in [1.165, 1.54) is 19.3 Å². The zero-order valence-electron chi connectivity index (χ0n) is 21.0. The lowest BCUT2D eigenvalue weighted by molar-refractivity contribution is 0.0690. The van der Waals surface area contributed by atoms with Crippen molar-refractivity contribution in [1.82, 2.24) is 14.8 Å². The van der Waals surface area contributed by atoms with E-state index in [0.717, 1.165) is 66.8 Å². The Balaban J connectivity index is 1.61. The van der Waals surface area contributed by atoms with Crippen molar-refractivity contribution in [3.63, 3.8) is 0 Å². The second-order valence-corrected chi connectivity index (χ2v) is 10.3. The quantitative estimate of drug-likeness (QED) is 0.467. The highest BCUT2D eigenvalue weighted by molar-refractivity contribution is 6.00. The van der Waals surface area contributed by atoms with E-state index in [1.807, 2.05) is 4.68 Å². The van der Waals surface area contributed by atoms with Crippen LogP contribution in [0.5, 0.6) is 0 Å². The molecule has 5 rings (SSSR count). The van der Waals surface area contributed by atoms with E-state index < -0.39 is 5.97 Å². The van der Waals surface area contributed by atoms with Crippen LogP contribution in [0.2, 0.25) is 0 Å². The van der Waals surface area contributed by atoms with Crippen molar-refractivity contribution < 1.29 is 14.6 Å². The van der Waals surface area contributed by atoms with Gasteiger partial charge in [0.05, 0.1) is 17.1 Å². The Morgan fingerprint density at radius 3 is 2.40 bits per heavy atom.